The Morgan fingerprint density at radius 1 is 1.40 bits per heavy atom. The number of anilines is 1. The molecule has 25 heavy (non-hydrogen) atoms. The fourth-order valence-corrected chi connectivity index (χ4v) is 3.13. The van der Waals surface area contributed by atoms with Gasteiger partial charge < -0.3 is 15.0 Å². The molecule has 1 aliphatic heterocycles. The number of nitrogens with zero attached hydrogens (tertiary/aromatic N) is 1. The molecule has 0 radical (unpaired) electrons. The molecule has 1 unspecified atom stereocenters. The Balaban J connectivity index is 1.49. The molecule has 1 aliphatic rings. The number of aromatic nitrogens is 2. The highest BCUT2D eigenvalue weighted by Crippen LogP contribution is 2.17. The van der Waals surface area contributed by atoms with Crippen molar-refractivity contribution in [3.8, 4) is 0 Å². The summed E-state index contributed by atoms with van der Waals surface area (Å²) in [6.45, 7) is 1.27. The first-order chi connectivity index (χ1) is 12.1. The Hall–Kier alpha value is -2.52. The number of carbonyl (C=O) groups excluding carboxylic acids is 2. The number of H-pyrrole nitrogens is 1. The predicted molar refractivity (Wildman–Crippen MR) is 92.8 cm³/mol. The predicted octanol–water partition coefficient (Wildman–Crippen LogP) is 0.921. The van der Waals surface area contributed by atoms with Crippen LogP contribution in [-0.4, -0.2) is 41.0 Å². The largest absolute Gasteiger partial charge is 0.376 e. The standard InChI is InChI=1S/C16H18N4O4S/c21-13-4-3-10(7-17-13)15(23)20-16-19-11(9-25-16)6-14(22)18-8-12-2-1-5-24-12/h3-4,7,9,12H,1-2,5-6,8H2,(H,17,21)(H,18,22)(H,19,20,23). The van der Waals surface area contributed by atoms with Crippen molar-refractivity contribution >= 4 is 28.3 Å². The highest BCUT2D eigenvalue weighted by atomic mass is 32.1. The van der Waals surface area contributed by atoms with E-state index in [9.17, 15) is 14.4 Å². The molecule has 0 saturated carbocycles. The van der Waals surface area contributed by atoms with Gasteiger partial charge in [0.15, 0.2) is 5.13 Å². The molecule has 0 bridgehead atoms. The maximum Gasteiger partial charge on any atom is 0.258 e. The van der Waals surface area contributed by atoms with E-state index in [0.717, 1.165) is 19.4 Å². The smallest absolute Gasteiger partial charge is 0.258 e. The van der Waals surface area contributed by atoms with Gasteiger partial charge in [-0.25, -0.2) is 4.98 Å². The summed E-state index contributed by atoms with van der Waals surface area (Å²) in [5.41, 5.74) is 0.638. The third kappa shape index (κ3) is 4.97. The van der Waals surface area contributed by atoms with E-state index in [4.69, 9.17) is 4.74 Å². The normalized spacial score (nSPS) is 16.6. The summed E-state index contributed by atoms with van der Waals surface area (Å²) in [6, 6.07) is 2.71. The van der Waals surface area contributed by atoms with Crippen LogP contribution in [0.5, 0.6) is 0 Å². The fraction of sp³-hybridized carbons (Fsp3) is 0.375. The molecule has 1 fully saturated rings. The van der Waals surface area contributed by atoms with Crippen LogP contribution in [-0.2, 0) is 16.0 Å². The second kappa shape index (κ2) is 8.04. The summed E-state index contributed by atoms with van der Waals surface area (Å²) in [5, 5.41) is 7.61. The van der Waals surface area contributed by atoms with E-state index in [0.29, 0.717) is 22.9 Å². The molecular weight excluding hydrogens is 344 g/mol. The number of ether oxygens (including phenoxy) is 1. The van der Waals surface area contributed by atoms with Crippen molar-refractivity contribution in [1.29, 1.82) is 0 Å². The minimum absolute atomic E-state index is 0.103. The fourth-order valence-electron chi connectivity index (χ4n) is 2.43. The van der Waals surface area contributed by atoms with Gasteiger partial charge in [0, 0.05) is 30.8 Å². The maximum atomic E-state index is 12.0. The van der Waals surface area contributed by atoms with E-state index in [2.05, 4.69) is 20.6 Å². The summed E-state index contributed by atoms with van der Waals surface area (Å²) in [6.07, 6.45) is 3.59. The van der Waals surface area contributed by atoms with Gasteiger partial charge in [0.1, 0.15) is 0 Å². The zero-order valence-electron chi connectivity index (χ0n) is 13.4. The molecule has 0 spiro atoms. The molecule has 2 amide bonds. The van der Waals surface area contributed by atoms with Crippen LogP contribution < -0.4 is 16.2 Å². The highest BCUT2D eigenvalue weighted by Gasteiger charge is 2.17. The lowest BCUT2D eigenvalue weighted by molar-refractivity contribution is -0.121. The van der Waals surface area contributed by atoms with Crippen LogP contribution in [0.4, 0.5) is 5.13 Å². The number of aromatic amines is 1. The topological polar surface area (TPSA) is 113 Å². The van der Waals surface area contributed by atoms with Crippen LogP contribution in [0, 0.1) is 0 Å². The molecule has 2 aromatic heterocycles. The molecule has 8 nitrogen and oxygen atoms in total. The molecule has 0 aromatic carbocycles. The van der Waals surface area contributed by atoms with Gasteiger partial charge in [0.25, 0.3) is 5.91 Å². The number of nitrogens with one attached hydrogen (secondary N) is 3. The van der Waals surface area contributed by atoms with Gasteiger partial charge >= 0.3 is 0 Å². The molecule has 9 heteroatoms. The first-order valence-corrected chi connectivity index (χ1v) is 8.81. The third-order valence-corrected chi connectivity index (χ3v) is 4.52. The second-order valence-corrected chi connectivity index (χ2v) is 6.51. The Bertz CT molecular complexity index is 790. The van der Waals surface area contributed by atoms with E-state index in [1.807, 2.05) is 0 Å². The lowest BCUT2D eigenvalue weighted by Crippen LogP contribution is -2.32. The molecular formula is C16H18N4O4S. The van der Waals surface area contributed by atoms with Crippen molar-refractivity contribution in [3.05, 3.63) is 45.3 Å². The maximum absolute atomic E-state index is 12.0. The van der Waals surface area contributed by atoms with Crippen LogP contribution in [0.1, 0.15) is 28.9 Å². The summed E-state index contributed by atoms with van der Waals surface area (Å²) < 4.78 is 5.45. The van der Waals surface area contributed by atoms with Crippen LogP contribution in [0.25, 0.3) is 0 Å². The average molecular weight is 362 g/mol. The molecule has 1 atom stereocenters. The van der Waals surface area contributed by atoms with Gasteiger partial charge in [-0.2, -0.15) is 0 Å². The number of amides is 2. The Morgan fingerprint density at radius 2 is 2.28 bits per heavy atom. The SMILES string of the molecule is O=C(Cc1csc(NC(=O)c2ccc(=O)[nH]c2)n1)NCC1CCCO1. The van der Waals surface area contributed by atoms with E-state index in [-0.39, 0.29) is 29.9 Å². The molecule has 3 heterocycles. The first kappa shape index (κ1) is 17.3. The Morgan fingerprint density at radius 3 is 3.00 bits per heavy atom. The number of pyridine rings is 1. The number of hydrogen-bond acceptors (Lipinski definition) is 6. The summed E-state index contributed by atoms with van der Waals surface area (Å²) >= 11 is 1.24. The zero-order valence-corrected chi connectivity index (χ0v) is 14.2. The molecule has 0 aliphatic carbocycles. The number of hydrogen-bond donors (Lipinski definition) is 3. The van der Waals surface area contributed by atoms with E-state index >= 15 is 0 Å². The van der Waals surface area contributed by atoms with E-state index in [1.54, 1.807) is 5.38 Å². The zero-order chi connectivity index (χ0) is 17.6. The van der Waals surface area contributed by atoms with Crippen LogP contribution >= 0.6 is 11.3 Å². The van der Waals surface area contributed by atoms with Crippen LogP contribution in [0.3, 0.4) is 0 Å². The lowest BCUT2D eigenvalue weighted by atomic mass is 10.2. The summed E-state index contributed by atoms with van der Waals surface area (Å²) in [7, 11) is 0. The molecule has 2 aromatic rings. The minimum atomic E-state index is -0.375. The minimum Gasteiger partial charge on any atom is -0.376 e. The van der Waals surface area contributed by atoms with E-state index < -0.39 is 0 Å². The van der Waals surface area contributed by atoms with Crippen molar-refractivity contribution in [3.63, 3.8) is 0 Å². The van der Waals surface area contributed by atoms with Gasteiger partial charge in [0.2, 0.25) is 11.5 Å². The van der Waals surface area contributed by atoms with Gasteiger partial charge in [-0.05, 0) is 18.9 Å². The quantitative estimate of drug-likeness (QED) is 0.707. The van der Waals surface area contributed by atoms with Crippen molar-refractivity contribution in [2.75, 3.05) is 18.5 Å². The summed E-state index contributed by atoms with van der Waals surface area (Å²) in [5.74, 6) is -0.501. The van der Waals surface area contributed by atoms with Gasteiger partial charge in [0.05, 0.1) is 23.8 Å². The molecule has 1 saturated heterocycles. The van der Waals surface area contributed by atoms with Crippen LogP contribution in [0.2, 0.25) is 0 Å². The van der Waals surface area contributed by atoms with Gasteiger partial charge in [-0.1, -0.05) is 0 Å². The lowest BCUT2D eigenvalue weighted by Gasteiger charge is -2.09. The second-order valence-electron chi connectivity index (χ2n) is 5.66. The van der Waals surface area contributed by atoms with Crippen molar-refractivity contribution in [1.82, 2.24) is 15.3 Å². The number of rotatable bonds is 6. The molecule has 3 rings (SSSR count). The first-order valence-electron chi connectivity index (χ1n) is 7.93. The van der Waals surface area contributed by atoms with Crippen molar-refractivity contribution < 1.29 is 14.3 Å². The van der Waals surface area contributed by atoms with Crippen molar-refractivity contribution in [2.45, 2.75) is 25.4 Å². The highest BCUT2D eigenvalue weighted by molar-refractivity contribution is 7.14. The average Bonchev–Trinajstić information content (AvgIpc) is 3.25. The van der Waals surface area contributed by atoms with Gasteiger partial charge in [-0.3, -0.25) is 19.7 Å². The summed E-state index contributed by atoms with van der Waals surface area (Å²) in [4.78, 5) is 41.7. The van der Waals surface area contributed by atoms with E-state index in [1.165, 1.54) is 29.7 Å². The molecule has 132 valence electrons. The van der Waals surface area contributed by atoms with Crippen LogP contribution in [0.15, 0.2) is 28.5 Å². The molecule has 3 N–H and O–H groups in total. The Kier molecular flexibility index (Phi) is 5.56. The number of thiazole rings is 1. The van der Waals surface area contributed by atoms with Crippen molar-refractivity contribution in [2.24, 2.45) is 0 Å². The Labute approximate surface area is 147 Å². The monoisotopic (exact) mass is 362 g/mol. The third-order valence-electron chi connectivity index (χ3n) is 3.71. The van der Waals surface area contributed by atoms with Gasteiger partial charge in [-0.15, -0.1) is 11.3 Å². The number of carbonyl (C=O) groups is 2.